The maximum Gasteiger partial charge on any atom is 0.149 e. The minimum absolute atomic E-state index is 0.0589. The molecule has 0 saturated heterocycles. The standard InChI is InChI=1S/C18H14ClFN4/c1-11-10-22-18(19)17-15(12-6-8-21-9-7-12)16(23-24(11)17)13-4-2-3-5-14(13)20/h2-9,11H,10H2,1H3. The Balaban J connectivity index is 2.07. The van der Waals surface area contributed by atoms with Gasteiger partial charge in [0, 0.05) is 23.5 Å². The molecule has 1 unspecified atom stereocenters. The number of nitrogens with zero attached hydrogens (tertiary/aromatic N) is 4. The van der Waals surface area contributed by atoms with Crippen LogP contribution in [-0.2, 0) is 0 Å². The average Bonchev–Trinajstić information content (AvgIpc) is 3.01. The van der Waals surface area contributed by atoms with Crippen LogP contribution in [0.4, 0.5) is 4.39 Å². The molecule has 0 fully saturated rings. The molecule has 0 bridgehead atoms. The van der Waals surface area contributed by atoms with Gasteiger partial charge >= 0.3 is 0 Å². The van der Waals surface area contributed by atoms with Crippen molar-refractivity contribution >= 4 is 16.8 Å². The van der Waals surface area contributed by atoms with Gasteiger partial charge in [0.05, 0.1) is 12.6 Å². The third-order valence-corrected chi connectivity index (χ3v) is 4.41. The minimum Gasteiger partial charge on any atom is -0.269 e. The first-order valence-corrected chi connectivity index (χ1v) is 8.02. The summed E-state index contributed by atoms with van der Waals surface area (Å²) in [6.07, 6.45) is 3.39. The Labute approximate surface area is 143 Å². The summed E-state index contributed by atoms with van der Waals surface area (Å²) >= 11 is 6.39. The van der Waals surface area contributed by atoms with Crippen molar-refractivity contribution in [3.05, 3.63) is 60.3 Å². The monoisotopic (exact) mass is 340 g/mol. The van der Waals surface area contributed by atoms with Crippen LogP contribution in [-0.4, -0.2) is 26.5 Å². The lowest BCUT2D eigenvalue weighted by atomic mass is 9.99. The van der Waals surface area contributed by atoms with Crippen LogP contribution in [0.25, 0.3) is 22.4 Å². The first kappa shape index (κ1) is 15.0. The number of aliphatic imine (C=N–C) groups is 1. The number of hydrogen-bond donors (Lipinski definition) is 0. The Morgan fingerprint density at radius 3 is 2.67 bits per heavy atom. The van der Waals surface area contributed by atoms with Gasteiger partial charge in [-0.15, -0.1) is 0 Å². The Hall–Kier alpha value is -2.53. The number of pyridine rings is 1. The normalized spacial score (nSPS) is 16.6. The van der Waals surface area contributed by atoms with Crippen molar-refractivity contribution in [3.63, 3.8) is 0 Å². The second-order valence-corrected chi connectivity index (χ2v) is 6.07. The van der Waals surface area contributed by atoms with Gasteiger partial charge in [0.25, 0.3) is 0 Å². The van der Waals surface area contributed by atoms with Gasteiger partial charge in [0.15, 0.2) is 0 Å². The second kappa shape index (κ2) is 5.83. The highest BCUT2D eigenvalue weighted by Crippen LogP contribution is 2.38. The van der Waals surface area contributed by atoms with Crippen molar-refractivity contribution in [1.29, 1.82) is 0 Å². The number of benzene rings is 1. The molecule has 1 atom stereocenters. The highest BCUT2D eigenvalue weighted by molar-refractivity contribution is 6.70. The molecule has 1 aliphatic heterocycles. The number of halogens is 2. The summed E-state index contributed by atoms with van der Waals surface area (Å²) in [5.41, 5.74) is 3.40. The van der Waals surface area contributed by atoms with Crippen LogP contribution in [0.5, 0.6) is 0 Å². The summed E-state index contributed by atoms with van der Waals surface area (Å²) in [5, 5.41) is 5.08. The lowest BCUT2D eigenvalue weighted by Crippen LogP contribution is -2.20. The smallest absolute Gasteiger partial charge is 0.149 e. The molecule has 2 aromatic heterocycles. The van der Waals surface area contributed by atoms with Crippen molar-refractivity contribution in [2.45, 2.75) is 13.0 Å². The van der Waals surface area contributed by atoms with Crippen LogP contribution in [0.2, 0.25) is 0 Å². The Morgan fingerprint density at radius 2 is 1.92 bits per heavy atom. The molecule has 0 amide bonds. The van der Waals surface area contributed by atoms with Crippen LogP contribution in [0.15, 0.2) is 53.8 Å². The fourth-order valence-electron chi connectivity index (χ4n) is 2.95. The van der Waals surface area contributed by atoms with Crippen LogP contribution in [0.3, 0.4) is 0 Å². The summed E-state index contributed by atoms with van der Waals surface area (Å²) in [6, 6.07) is 10.4. The van der Waals surface area contributed by atoms with E-state index >= 15 is 0 Å². The third kappa shape index (κ3) is 2.32. The molecule has 6 heteroatoms. The zero-order chi connectivity index (χ0) is 16.7. The van der Waals surface area contributed by atoms with E-state index in [2.05, 4.69) is 15.1 Å². The van der Waals surface area contributed by atoms with Gasteiger partial charge < -0.3 is 0 Å². The van der Waals surface area contributed by atoms with Crippen molar-refractivity contribution in [2.75, 3.05) is 6.54 Å². The average molecular weight is 341 g/mol. The summed E-state index contributed by atoms with van der Waals surface area (Å²) in [5.74, 6) is -0.316. The molecule has 4 nitrogen and oxygen atoms in total. The Morgan fingerprint density at radius 1 is 1.17 bits per heavy atom. The number of aromatic nitrogens is 3. The Bertz CT molecular complexity index is 933. The van der Waals surface area contributed by atoms with Crippen LogP contribution >= 0.6 is 11.6 Å². The SMILES string of the molecule is CC1CN=C(Cl)c2c(-c3ccncc3)c(-c3ccccc3F)nn21. The lowest BCUT2D eigenvalue weighted by molar-refractivity contribution is 0.490. The quantitative estimate of drug-likeness (QED) is 0.697. The van der Waals surface area contributed by atoms with E-state index in [1.165, 1.54) is 6.07 Å². The van der Waals surface area contributed by atoms with E-state index in [1.807, 2.05) is 23.7 Å². The van der Waals surface area contributed by atoms with Gasteiger partial charge in [-0.2, -0.15) is 5.10 Å². The summed E-state index contributed by atoms with van der Waals surface area (Å²) in [7, 11) is 0. The van der Waals surface area contributed by atoms with E-state index < -0.39 is 0 Å². The predicted molar refractivity (Wildman–Crippen MR) is 92.8 cm³/mol. The molecule has 0 radical (unpaired) electrons. The second-order valence-electron chi connectivity index (χ2n) is 5.71. The molecule has 1 aromatic carbocycles. The molecule has 3 aromatic rings. The topological polar surface area (TPSA) is 43.1 Å². The van der Waals surface area contributed by atoms with Gasteiger partial charge in [0.1, 0.15) is 22.4 Å². The van der Waals surface area contributed by atoms with E-state index in [0.29, 0.717) is 23.0 Å². The van der Waals surface area contributed by atoms with Crippen molar-refractivity contribution in [2.24, 2.45) is 4.99 Å². The predicted octanol–water partition coefficient (Wildman–Crippen LogP) is 4.31. The van der Waals surface area contributed by atoms with Crippen LogP contribution in [0.1, 0.15) is 18.7 Å². The molecule has 0 aliphatic carbocycles. The maximum absolute atomic E-state index is 14.4. The zero-order valence-corrected chi connectivity index (χ0v) is 13.7. The summed E-state index contributed by atoms with van der Waals surface area (Å²) in [6.45, 7) is 2.57. The van der Waals surface area contributed by atoms with E-state index in [1.54, 1.807) is 30.6 Å². The minimum atomic E-state index is -0.316. The lowest BCUT2D eigenvalue weighted by Gasteiger charge is -2.18. The molecule has 120 valence electrons. The summed E-state index contributed by atoms with van der Waals surface area (Å²) < 4.78 is 16.2. The van der Waals surface area contributed by atoms with Crippen molar-refractivity contribution in [3.8, 4) is 22.4 Å². The third-order valence-electron chi connectivity index (χ3n) is 4.12. The van der Waals surface area contributed by atoms with Gasteiger partial charge in [-0.25, -0.2) is 4.39 Å². The number of rotatable bonds is 2. The fraction of sp³-hybridized carbons (Fsp3) is 0.167. The van der Waals surface area contributed by atoms with Crippen LogP contribution < -0.4 is 0 Å². The molecular weight excluding hydrogens is 327 g/mol. The van der Waals surface area contributed by atoms with Gasteiger partial charge in [-0.3, -0.25) is 14.7 Å². The molecule has 4 rings (SSSR count). The highest BCUT2D eigenvalue weighted by atomic mass is 35.5. The van der Waals surface area contributed by atoms with Crippen molar-refractivity contribution in [1.82, 2.24) is 14.8 Å². The molecule has 0 spiro atoms. The van der Waals surface area contributed by atoms with E-state index in [0.717, 1.165) is 16.8 Å². The van der Waals surface area contributed by atoms with Gasteiger partial charge in [-0.05, 0) is 36.8 Å². The molecule has 3 heterocycles. The van der Waals surface area contributed by atoms with E-state index in [9.17, 15) is 4.39 Å². The molecule has 0 N–H and O–H groups in total. The molecule has 24 heavy (non-hydrogen) atoms. The van der Waals surface area contributed by atoms with Gasteiger partial charge in [0.2, 0.25) is 0 Å². The first-order valence-electron chi connectivity index (χ1n) is 7.65. The number of hydrogen-bond acceptors (Lipinski definition) is 3. The molecule has 0 saturated carbocycles. The van der Waals surface area contributed by atoms with Crippen molar-refractivity contribution < 1.29 is 4.39 Å². The van der Waals surface area contributed by atoms with Gasteiger partial charge in [-0.1, -0.05) is 23.7 Å². The van der Waals surface area contributed by atoms with E-state index in [-0.39, 0.29) is 11.9 Å². The largest absolute Gasteiger partial charge is 0.269 e. The first-order chi connectivity index (χ1) is 11.7. The molecule has 1 aliphatic rings. The number of fused-ring (bicyclic) bond motifs is 1. The van der Waals surface area contributed by atoms with Crippen LogP contribution in [0, 0.1) is 5.82 Å². The molecular formula is C18H14ClFN4. The highest BCUT2D eigenvalue weighted by Gasteiger charge is 2.29. The maximum atomic E-state index is 14.4. The Kier molecular flexibility index (Phi) is 3.65. The zero-order valence-electron chi connectivity index (χ0n) is 12.9. The summed E-state index contributed by atoms with van der Waals surface area (Å²) in [4.78, 5) is 8.44. The van der Waals surface area contributed by atoms with E-state index in [4.69, 9.17) is 11.6 Å². The fourth-order valence-corrected chi connectivity index (χ4v) is 3.20.